The van der Waals surface area contributed by atoms with Gasteiger partial charge in [0.15, 0.2) is 0 Å². The van der Waals surface area contributed by atoms with Crippen LogP contribution in [0.15, 0.2) is 0 Å². The summed E-state index contributed by atoms with van der Waals surface area (Å²) in [5, 5.41) is 18.6. The fourth-order valence-electron chi connectivity index (χ4n) is 0. The Balaban J connectivity index is -0.000000107. The van der Waals surface area contributed by atoms with E-state index in [1.165, 1.54) is 0 Å². The second kappa shape index (κ2) is 7.01. The molecule has 0 spiro atoms. The molecule has 0 radical (unpaired) electrons. The van der Waals surface area contributed by atoms with Gasteiger partial charge in [0.05, 0.1) is 5.60 Å². The van der Waals surface area contributed by atoms with E-state index < -0.39 is 11.2 Å². The van der Waals surface area contributed by atoms with Gasteiger partial charge in [0.25, 0.3) is 0 Å². The van der Waals surface area contributed by atoms with Crippen LogP contribution >= 0.6 is 0 Å². The molecule has 0 fully saturated rings. The second-order valence-corrected chi connectivity index (χ2v) is 4.28. The summed E-state index contributed by atoms with van der Waals surface area (Å²) in [6.07, 6.45) is 0. The van der Waals surface area contributed by atoms with Gasteiger partial charge in [0, 0.05) is 0 Å². The van der Waals surface area contributed by atoms with Gasteiger partial charge in [-0.15, -0.1) is 5.60 Å². The SMILES string of the molecule is CC(C)(C)O.CC(C)(C)[O-].[K+]. The smallest absolute Gasteiger partial charge is 0.850 e. The molecular weight excluding hydrogens is 167 g/mol. The summed E-state index contributed by atoms with van der Waals surface area (Å²) in [5.74, 6) is 0. The van der Waals surface area contributed by atoms with Crippen molar-refractivity contribution in [2.45, 2.75) is 52.7 Å². The van der Waals surface area contributed by atoms with Gasteiger partial charge in [0.1, 0.15) is 0 Å². The standard InChI is InChI=1S/C4H10O.C4H9O.K/c2*1-4(2,3)5;/h5H,1-3H3;1-3H3;/q;-1;+1. The first-order valence-corrected chi connectivity index (χ1v) is 3.43. The minimum Gasteiger partial charge on any atom is -0.850 e. The number of hydrogen-bond donors (Lipinski definition) is 1. The first kappa shape index (κ1) is 18.4. The van der Waals surface area contributed by atoms with Gasteiger partial charge < -0.3 is 10.2 Å². The first-order chi connectivity index (χ1) is 4.00. The molecule has 0 aromatic heterocycles. The van der Waals surface area contributed by atoms with Crippen molar-refractivity contribution in [1.29, 1.82) is 0 Å². The Kier molecular flexibility index (Phi) is 11.7. The molecule has 0 aliphatic heterocycles. The Morgan fingerprint density at radius 2 is 0.909 bits per heavy atom. The molecule has 64 valence electrons. The summed E-state index contributed by atoms with van der Waals surface area (Å²) >= 11 is 0. The molecule has 0 aliphatic carbocycles. The Labute approximate surface area is 113 Å². The molecule has 0 atom stereocenters. The van der Waals surface area contributed by atoms with E-state index in [-0.39, 0.29) is 51.4 Å². The molecule has 0 rings (SSSR count). The summed E-state index contributed by atoms with van der Waals surface area (Å²) in [6.45, 7) is 10.1. The molecule has 0 aromatic carbocycles. The normalized spacial score (nSPS) is 10.9. The number of hydrogen-bond acceptors (Lipinski definition) is 2. The minimum absolute atomic E-state index is 0. The van der Waals surface area contributed by atoms with Crippen LogP contribution in [0.3, 0.4) is 0 Å². The van der Waals surface area contributed by atoms with Gasteiger partial charge in [-0.25, -0.2) is 0 Å². The van der Waals surface area contributed by atoms with Crippen molar-refractivity contribution in [1.82, 2.24) is 0 Å². The third kappa shape index (κ3) is 436. The maximum Gasteiger partial charge on any atom is 1.00 e. The first-order valence-electron chi connectivity index (χ1n) is 3.43. The van der Waals surface area contributed by atoms with Crippen molar-refractivity contribution in [3.63, 3.8) is 0 Å². The van der Waals surface area contributed by atoms with Gasteiger partial charge in [-0.2, -0.15) is 0 Å². The largest absolute Gasteiger partial charge is 1.00 e. The molecule has 1 N–H and O–H groups in total. The summed E-state index contributed by atoms with van der Waals surface area (Å²) < 4.78 is 0. The van der Waals surface area contributed by atoms with E-state index in [1.54, 1.807) is 41.5 Å². The second-order valence-electron chi connectivity index (χ2n) is 4.28. The molecule has 3 heteroatoms. The fourth-order valence-corrected chi connectivity index (χ4v) is 0. The minimum atomic E-state index is -0.750. The molecule has 0 unspecified atom stereocenters. The predicted octanol–water partition coefficient (Wildman–Crippen LogP) is -2.07. The van der Waals surface area contributed by atoms with Crippen molar-refractivity contribution in [2.75, 3.05) is 0 Å². The van der Waals surface area contributed by atoms with E-state index in [0.717, 1.165) is 0 Å². The Hall–Kier alpha value is 1.56. The molecule has 2 nitrogen and oxygen atoms in total. The number of rotatable bonds is 0. The van der Waals surface area contributed by atoms with Gasteiger partial charge in [-0.1, -0.05) is 20.8 Å². The van der Waals surface area contributed by atoms with Crippen molar-refractivity contribution in [3.8, 4) is 0 Å². The fraction of sp³-hybridized carbons (Fsp3) is 1.00. The third-order valence-electron chi connectivity index (χ3n) is 0. The van der Waals surface area contributed by atoms with Crippen LogP contribution < -0.4 is 56.5 Å². The van der Waals surface area contributed by atoms with E-state index in [2.05, 4.69) is 0 Å². The average molecular weight is 186 g/mol. The molecule has 0 amide bonds. The average Bonchev–Trinajstić information content (AvgIpc) is 1.12. The molecule has 0 heterocycles. The third-order valence-corrected chi connectivity index (χ3v) is 0. The quantitative estimate of drug-likeness (QED) is 0.442. The summed E-state index contributed by atoms with van der Waals surface area (Å²) in [7, 11) is 0. The summed E-state index contributed by atoms with van der Waals surface area (Å²) in [5.41, 5.74) is -1.25. The zero-order valence-electron chi connectivity index (χ0n) is 8.86. The van der Waals surface area contributed by atoms with Crippen LogP contribution in [-0.2, 0) is 0 Å². The van der Waals surface area contributed by atoms with E-state index in [1.807, 2.05) is 0 Å². The molecule has 0 bridgehead atoms. The zero-order chi connectivity index (χ0) is 9.00. The van der Waals surface area contributed by atoms with E-state index >= 15 is 0 Å². The summed E-state index contributed by atoms with van der Waals surface area (Å²) in [4.78, 5) is 0. The van der Waals surface area contributed by atoms with Crippen LogP contribution in [0.1, 0.15) is 41.5 Å². The number of aliphatic hydroxyl groups is 1. The van der Waals surface area contributed by atoms with Crippen molar-refractivity contribution in [3.05, 3.63) is 0 Å². The van der Waals surface area contributed by atoms with Gasteiger partial charge in [-0.3, -0.25) is 0 Å². The Bertz CT molecular complexity index is 55.1. The molecule has 0 saturated carbocycles. The maximum atomic E-state index is 10.1. The van der Waals surface area contributed by atoms with Crippen molar-refractivity contribution in [2.24, 2.45) is 0 Å². The maximum absolute atomic E-state index is 10.1. The molecular formula is C8H19KO2. The van der Waals surface area contributed by atoms with Crippen LogP contribution in [0, 0.1) is 0 Å². The van der Waals surface area contributed by atoms with Crippen LogP contribution in [0.5, 0.6) is 0 Å². The summed E-state index contributed by atoms with van der Waals surface area (Å²) in [6, 6.07) is 0. The van der Waals surface area contributed by atoms with Gasteiger partial charge in [0.2, 0.25) is 0 Å². The van der Waals surface area contributed by atoms with Crippen LogP contribution in [-0.4, -0.2) is 16.3 Å². The molecule has 0 aliphatic rings. The van der Waals surface area contributed by atoms with Gasteiger partial charge in [-0.05, 0) is 20.8 Å². The van der Waals surface area contributed by atoms with Gasteiger partial charge >= 0.3 is 51.4 Å². The van der Waals surface area contributed by atoms with E-state index in [9.17, 15) is 5.11 Å². The van der Waals surface area contributed by atoms with Crippen LogP contribution in [0.25, 0.3) is 0 Å². The van der Waals surface area contributed by atoms with Crippen LogP contribution in [0.2, 0.25) is 0 Å². The van der Waals surface area contributed by atoms with Crippen molar-refractivity contribution >= 4 is 0 Å². The predicted molar refractivity (Wildman–Crippen MR) is 41.7 cm³/mol. The van der Waals surface area contributed by atoms with Crippen molar-refractivity contribution < 1.29 is 61.6 Å². The van der Waals surface area contributed by atoms with E-state index in [4.69, 9.17) is 5.11 Å². The molecule has 11 heavy (non-hydrogen) atoms. The Morgan fingerprint density at radius 3 is 0.909 bits per heavy atom. The van der Waals surface area contributed by atoms with E-state index in [0.29, 0.717) is 0 Å². The Morgan fingerprint density at radius 1 is 0.909 bits per heavy atom. The zero-order valence-corrected chi connectivity index (χ0v) is 12.0. The topological polar surface area (TPSA) is 43.3 Å². The van der Waals surface area contributed by atoms with Crippen LogP contribution in [0.4, 0.5) is 0 Å². The molecule has 0 saturated heterocycles. The molecule has 0 aromatic rings. The monoisotopic (exact) mass is 186 g/mol.